The SMILES string of the molecule is C=CCC1(OC)CCN(C2CCN(c3cc(CCC)nc(C)n3)CC2)CC1. The van der Waals surface area contributed by atoms with Gasteiger partial charge in [0.15, 0.2) is 0 Å². The van der Waals surface area contributed by atoms with Gasteiger partial charge in [0, 0.05) is 51.1 Å². The first kappa shape index (κ1) is 20.3. The van der Waals surface area contributed by atoms with Gasteiger partial charge in [0.05, 0.1) is 5.60 Å². The van der Waals surface area contributed by atoms with Crippen LogP contribution in [-0.4, -0.2) is 59.8 Å². The highest BCUT2D eigenvalue weighted by Gasteiger charge is 2.36. The average Bonchev–Trinajstić information content (AvgIpc) is 2.69. The lowest BCUT2D eigenvalue weighted by molar-refractivity contribution is -0.0629. The Morgan fingerprint density at radius 3 is 2.52 bits per heavy atom. The van der Waals surface area contributed by atoms with E-state index in [0.29, 0.717) is 6.04 Å². The Balaban J connectivity index is 1.55. The van der Waals surface area contributed by atoms with Gasteiger partial charge in [-0.3, -0.25) is 0 Å². The molecule has 2 fully saturated rings. The van der Waals surface area contributed by atoms with Crippen LogP contribution in [-0.2, 0) is 11.2 Å². The maximum Gasteiger partial charge on any atom is 0.132 e. The van der Waals surface area contributed by atoms with E-state index in [0.717, 1.165) is 69.9 Å². The third-order valence-electron chi connectivity index (χ3n) is 6.35. The highest BCUT2D eigenvalue weighted by atomic mass is 16.5. The predicted molar refractivity (Wildman–Crippen MR) is 111 cm³/mol. The van der Waals surface area contributed by atoms with E-state index in [2.05, 4.69) is 34.4 Å². The molecule has 0 spiro atoms. The third kappa shape index (κ3) is 4.88. The fraction of sp³-hybridized carbons (Fsp3) is 0.727. The molecule has 0 N–H and O–H groups in total. The van der Waals surface area contributed by atoms with Gasteiger partial charge in [-0.15, -0.1) is 6.58 Å². The maximum atomic E-state index is 5.85. The summed E-state index contributed by atoms with van der Waals surface area (Å²) in [5.74, 6) is 2.01. The smallest absolute Gasteiger partial charge is 0.132 e. The molecule has 3 rings (SSSR count). The first-order valence-corrected chi connectivity index (χ1v) is 10.6. The van der Waals surface area contributed by atoms with E-state index in [1.54, 1.807) is 0 Å². The molecule has 3 heterocycles. The summed E-state index contributed by atoms with van der Waals surface area (Å²) in [5, 5.41) is 0. The number of aromatic nitrogens is 2. The summed E-state index contributed by atoms with van der Waals surface area (Å²) in [6.45, 7) is 12.6. The van der Waals surface area contributed by atoms with Crippen LogP contribution in [0.4, 0.5) is 5.82 Å². The molecule has 0 unspecified atom stereocenters. The molecule has 150 valence electrons. The molecule has 0 bridgehead atoms. The molecule has 0 saturated carbocycles. The van der Waals surface area contributed by atoms with Crippen LogP contribution in [0.25, 0.3) is 0 Å². The summed E-state index contributed by atoms with van der Waals surface area (Å²) in [5.41, 5.74) is 1.20. The van der Waals surface area contributed by atoms with Gasteiger partial charge in [-0.2, -0.15) is 0 Å². The molecule has 2 saturated heterocycles. The lowest BCUT2D eigenvalue weighted by Crippen LogP contribution is -2.52. The number of ether oxygens (including phenoxy) is 1. The number of nitrogens with zero attached hydrogens (tertiary/aromatic N) is 4. The molecule has 2 aliphatic rings. The first-order chi connectivity index (χ1) is 13.1. The largest absolute Gasteiger partial charge is 0.378 e. The van der Waals surface area contributed by atoms with Crippen molar-refractivity contribution >= 4 is 5.82 Å². The maximum absolute atomic E-state index is 5.85. The van der Waals surface area contributed by atoms with Gasteiger partial charge >= 0.3 is 0 Å². The lowest BCUT2D eigenvalue weighted by atomic mass is 9.86. The highest BCUT2D eigenvalue weighted by Crippen LogP contribution is 2.32. The van der Waals surface area contributed by atoms with Crippen LogP contribution in [0.5, 0.6) is 0 Å². The molecule has 2 aliphatic heterocycles. The summed E-state index contributed by atoms with van der Waals surface area (Å²) in [6, 6.07) is 2.89. The average molecular weight is 373 g/mol. The molecule has 0 aromatic carbocycles. The zero-order valence-electron chi connectivity index (χ0n) is 17.4. The van der Waals surface area contributed by atoms with Gasteiger partial charge in [0.25, 0.3) is 0 Å². The van der Waals surface area contributed by atoms with E-state index in [9.17, 15) is 0 Å². The number of piperidine rings is 2. The predicted octanol–water partition coefficient (Wildman–Crippen LogP) is 3.76. The van der Waals surface area contributed by atoms with Gasteiger partial charge in [-0.1, -0.05) is 19.4 Å². The summed E-state index contributed by atoms with van der Waals surface area (Å²) >= 11 is 0. The molecular weight excluding hydrogens is 336 g/mol. The quantitative estimate of drug-likeness (QED) is 0.682. The van der Waals surface area contributed by atoms with E-state index in [-0.39, 0.29) is 5.60 Å². The zero-order valence-corrected chi connectivity index (χ0v) is 17.4. The third-order valence-corrected chi connectivity index (χ3v) is 6.35. The topological polar surface area (TPSA) is 41.5 Å². The van der Waals surface area contributed by atoms with Crippen LogP contribution in [0, 0.1) is 6.92 Å². The minimum atomic E-state index is 0.0209. The summed E-state index contributed by atoms with van der Waals surface area (Å²) in [6.07, 6.45) is 9.79. The molecule has 0 radical (unpaired) electrons. The zero-order chi connectivity index (χ0) is 19.3. The normalized spacial score (nSPS) is 21.4. The van der Waals surface area contributed by atoms with Gasteiger partial charge in [0.1, 0.15) is 11.6 Å². The number of anilines is 1. The molecule has 1 aromatic heterocycles. The van der Waals surface area contributed by atoms with Crippen molar-refractivity contribution in [3.63, 3.8) is 0 Å². The molecule has 0 atom stereocenters. The van der Waals surface area contributed by atoms with Gasteiger partial charge in [0.2, 0.25) is 0 Å². The van der Waals surface area contributed by atoms with Crippen LogP contribution in [0.1, 0.15) is 57.0 Å². The summed E-state index contributed by atoms with van der Waals surface area (Å²) in [7, 11) is 1.86. The molecule has 5 heteroatoms. The Labute approximate surface area is 164 Å². The van der Waals surface area contributed by atoms with Crippen LogP contribution >= 0.6 is 0 Å². The van der Waals surface area contributed by atoms with Gasteiger partial charge in [-0.05, 0) is 45.4 Å². The van der Waals surface area contributed by atoms with Crippen molar-refractivity contribution in [3.05, 3.63) is 30.2 Å². The number of methoxy groups -OCH3 is 1. The van der Waals surface area contributed by atoms with Crippen LogP contribution in [0.15, 0.2) is 18.7 Å². The Bertz CT molecular complexity index is 617. The van der Waals surface area contributed by atoms with Crippen LogP contribution in [0.2, 0.25) is 0 Å². The number of hydrogen-bond donors (Lipinski definition) is 0. The van der Waals surface area contributed by atoms with Crippen molar-refractivity contribution in [1.29, 1.82) is 0 Å². The second kappa shape index (κ2) is 9.16. The Hall–Kier alpha value is -1.46. The monoisotopic (exact) mass is 372 g/mol. The Morgan fingerprint density at radius 2 is 1.93 bits per heavy atom. The summed E-state index contributed by atoms with van der Waals surface area (Å²) in [4.78, 5) is 14.4. The number of rotatable bonds is 7. The molecule has 0 aliphatic carbocycles. The Morgan fingerprint density at radius 1 is 1.22 bits per heavy atom. The summed E-state index contributed by atoms with van der Waals surface area (Å²) < 4.78 is 5.85. The lowest BCUT2D eigenvalue weighted by Gasteiger charge is -2.45. The van der Waals surface area contributed by atoms with Crippen molar-refractivity contribution in [3.8, 4) is 0 Å². The van der Waals surface area contributed by atoms with E-state index < -0.39 is 0 Å². The van der Waals surface area contributed by atoms with E-state index in [1.807, 2.05) is 20.1 Å². The van der Waals surface area contributed by atoms with Crippen molar-refractivity contribution in [2.24, 2.45) is 0 Å². The van der Waals surface area contributed by atoms with E-state index >= 15 is 0 Å². The van der Waals surface area contributed by atoms with Crippen molar-refractivity contribution in [2.45, 2.75) is 70.4 Å². The fourth-order valence-corrected chi connectivity index (χ4v) is 4.67. The van der Waals surface area contributed by atoms with Crippen molar-refractivity contribution < 1.29 is 4.74 Å². The number of likely N-dealkylation sites (tertiary alicyclic amines) is 1. The van der Waals surface area contributed by atoms with E-state index in [1.165, 1.54) is 18.5 Å². The Kier molecular flexibility index (Phi) is 6.88. The van der Waals surface area contributed by atoms with Crippen molar-refractivity contribution in [2.75, 3.05) is 38.2 Å². The van der Waals surface area contributed by atoms with Crippen molar-refractivity contribution in [1.82, 2.24) is 14.9 Å². The number of aryl methyl sites for hydroxylation is 2. The molecule has 27 heavy (non-hydrogen) atoms. The number of hydrogen-bond acceptors (Lipinski definition) is 5. The molecular formula is C22H36N4O. The fourth-order valence-electron chi connectivity index (χ4n) is 4.67. The molecule has 0 amide bonds. The second-order valence-electron chi connectivity index (χ2n) is 8.15. The highest BCUT2D eigenvalue weighted by molar-refractivity contribution is 5.40. The first-order valence-electron chi connectivity index (χ1n) is 10.6. The molecule has 5 nitrogen and oxygen atoms in total. The van der Waals surface area contributed by atoms with Gasteiger partial charge in [-0.25, -0.2) is 9.97 Å². The molecule has 1 aromatic rings. The van der Waals surface area contributed by atoms with Crippen LogP contribution < -0.4 is 4.90 Å². The van der Waals surface area contributed by atoms with E-state index in [4.69, 9.17) is 9.72 Å². The minimum absolute atomic E-state index is 0.0209. The minimum Gasteiger partial charge on any atom is -0.378 e. The van der Waals surface area contributed by atoms with Crippen LogP contribution in [0.3, 0.4) is 0 Å². The standard InChI is InChI=1S/C22H36N4O/c1-5-7-19-17-21(24-18(3)23-19)26-13-8-20(9-14-26)25-15-11-22(27-4,10-6-2)12-16-25/h6,17,20H,2,5,7-16H2,1,3-4H3. The second-order valence-corrected chi connectivity index (χ2v) is 8.15. The van der Waals surface area contributed by atoms with Gasteiger partial charge < -0.3 is 14.5 Å².